The maximum Gasteiger partial charge on any atom is 0.416 e. The second-order valence-corrected chi connectivity index (χ2v) is 5.58. The Kier molecular flexibility index (Phi) is 3.57. The quantitative estimate of drug-likeness (QED) is 0.830. The smallest absolute Gasteiger partial charge is 0.383 e. The molecule has 3 rings (SSSR count). The molecule has 1 unspecified atom stereocenters. The third kappa shape index (κ3) is 2.86. The van der Waals surface area contributed by atoms with Crippen molar-refractivity contribution < 1.29 is 13.2 Å². The van der Waals surface area contributed by atoms with Crippen LogP contribution in [0.5, 0.6) is 0 Å². The molecule has 0 saturated carbocycles. The van der Waals surface area contributed by atoms with E-state index >= 15 is 0 Å². The van der Waals surface area contributed by atoms with Gasteiger partial charge in [-0.2, -0.15) is 13.2 Å². The molecular formula is C16H13ClF3N. The van der Waals surface area contributed by atoms with Crippen LogP contribution in [0.25, 0.3) is 0 Å². The Morgan fingerprint density at radius 1 is 1.14 bits per heavy atom. The van der Waals surface area contributed by atoms with Crippen LogP contribution in [0, 0.1) is 0 Å². The number of alkyl halides is 3. The van der Waals surface area contributed by atoms with Crippen molar-refractivity contribution in [2.24, 2.45) is 0 Å². The van der Waals surface area contributed by atoms with E-state index in [-0.39, 0.29) is 0 Å². The molecule has 0 aliphatic heterocycles. The molecule has 0 bridgehead atoms. The van der Waals surface area contributed by atoms with Gasteiger partial charge in [0.05, 0.1) is 16.3 Å². The molecule has 0 heterocycles. The average molecular weight is 312 g/mol. The fraction of sp³-hybridized carbons (Fsp3) is 0.250. The van der Waals surface area contributed by atoms with Crippen molar-refractivity contribution in [3.63, 3.8) is 0 Å². The molecule has 0 amide bonds. The molecule has 1 atom stereocenters. The van der Waals surface area contributed by atoms with Crippen molar-refractivity contribution >= 4 is 17.3 Å². The summed E-state index contributed by atoms with van der Waals surface area (Å²) in [6.07, 6.45) is -3.41. The predicted octanol–water partition coefficient (Wildman–Crippen LogP) is 5.11. The molecule has 1 N–H and O–H groups in total. The maximum atomic E-state index is 12.7. The summed E-state index contributed by atoms with van der Waals surface area (Å²) >= 11 is 5.96. The lowest BCUT2D eigenvalue weighted by atomic mass is 9.77. The molecule has 1 nitrogen and oxygen atoms in total. The van der Waals surface area contributed by atoms with Gasteiger partial charge in [0.2, 0.25) is 0 Å². The molecule has 0 spiro atoms. The lowest BCUT2D eigenvalue weighted by Gasteiger charge is -2.30. The number of rotatable bonds is 3. The van der Waals surface area contributed by atoms with E-state index in [4.69, 9.17) is 11.6 Å². The van der Waals surface area contributed by atoms with Gasteiger partial charge in [-0.25, -0.2) is 0 Å². The zero-order valence-electron chi connectivity index (χ0n) is 11.0. The second kappa shape index (κ2) is 5.26. The van der Waals surface area contributed by atoms with Gasteiger partial charge in [-0.1, -0.05) is 35.9 Å². The van der Waals surface area contributed by atoms with E-state index in [9.17, 15) is 13.2 Å². The average Bonchev–Trinajstić information content (AvgIpc) is 2.40. The fourth-order valence-electron chi connectivity index (χ4n) is 2.62. The van der Waals surface area contributed by atoms with E-state index < -0.39 is 11.7 Å². The van der Waals surface area contributed by atoms with Gasteiger partial charge in [-0.3, -0.25) is 0 Å². The highest BCUT2D eigenvalue weighted by molar-refractivity contribution is 6.33. The molecule has 0 radical (unpaired) electrons. The number of halogens is 4. The third-order valence-electron chi connectivity index (χ3n) is 3.79. The first-order valence-corrected chi connectivity index (χ1v) is 7.01. The van der Waals surface area contributed by atoms with Gasteiger partial charge in [0.25, 0.3) is 0 Å². The molecule has 2 aromatic rings. The first-order chi connectivity index (χ1) is 9.95. The number of anilines is 1. The van der Waals surface area contributed by atoms with Gasteiger partial charge in [-0.05, 0) is 35.7 Å². The minimum absolute atomic E-state index is 0.301. The molecule has 110 valence electrons. The molecule has 5 heteroatoms. The summed E-state index contributed by atoms with van der Waals surface area (Å²) in [7, 11) is 0. The van der Waals surface area contributed by atoms with E-state index in [0.717, 1.165) is 18.6 Å². The largest absolute Gasteiger partial charge is 0.416 e. The molecule has 21 heavy (non-hydrogen) atoms. The summed E-state index contributed by atoms with van der Waals surface area (Å²) in [6.45, 7) is 0.581. The van der Waals surface area contributed by atoms with Crippen LogP contribution in [-0.4, -0.2) is 6.54 Å². The molecule has 0 saturated heterocycles. The van der Waals surface area contributed by atoms with Crippen LogP contribution < -0.4 is 5.32 Å². The van der Waals surface area contributed by atoms with E-state index in [2.05, 4.69) is 17.4 Å². The van der Waals surface area contributed by atoms with Crippen LogP contribution in [0.4, 0.5) is 18.9 Å². The predicted molar refractivity (Wildman–Crippen MR) is 77.8 cm³/mol. The number of benzene rings is 2. The van der Waals surface area contributed by atoms with Crippen LogP contribution >= 0.6 is 11.6 Å². The normalized spacial score (nSPS) is 17.0. The van der Waals surface area contributed by atoms with Gasteiger partial charge in [-0.15, -0.1) is 0 Å². The van der Waals surface area contributed by atoms with Gasteiger partial charge < -0.3 is 5.32 Å². The third-order valence-corrected chi connectivity index (χ3v) is 4.12. The minimum Gasteiger partial charge on any atom is -0.383 e. The Bertz CT molecular complexity index is 667. The van der Waals surface area contributed by atoms with Gasteiger partial charge >= 0.3 is 6.18 Å². The molecule has 1 aliphatic rings. The molecular weight excluding hydrogens is 299 g/mol. The summed E-state index contributed by atoms with van der Waals surface area (Å²) in [6, 6.07) is 11.4. The topological polar surface area (TPSA) is 12.0 Å². The standard InChI is InChI=1S/C16H13ClF3N/c17-14-6-5-12(16(18,19)20)8-15(14)21-9-11-7-10-3-1-2-4-13(10)11/h1-6,8,11,21H,7,9H2. The molecule has 1 aliphatic carbocycles. The number of hydrogen-bond acceptors (Lipinski definition) is 1. The van der Waals surface area contributed by atoms with Crippen molar-refractivity contribution in [3.8, 4) is 0 Å². The lowest BCUT2D eigenvalue weighted by molar-refractivity contribution is -0.137. The Labute approximate surface area is 125 Å². The highest BCUT2D eigenvalue weighted by atomic mass is 35.5. The Morgan fingerprint density at radius 3 is 2.62 bits per heavy atom. The molecule has 2 aromatic carbocycles. The van der Waals surface area contributed by atoms with Crippen molar-refractivity contribution in [3.05, 3.63) is 64.2 Å². The fourth-order valence-corrected chi connectivity index (χ4v) is 2.80. The summed E-state index contributed by atoms with van der Waals surface area (Å²) in [5, 5.41) is 3.34. The van der Waals surface area contributed by atoms with E-state index in [1.807, 2.05) is 12.1 Å². The first kappa shape index (κ1) is 14.3. The number of hydrogen-bond donors (Lipinski definition) is 1. The van der Waals surface area contributed by atoms with Gasteiger partial charge in [0.15, 0.2) is 0 Å². The zero-order chi connectivity index (χ0) is 15.0. The Hall–Kier alpha value is -1.68. The SMILES string of the molecule is FC(F)(F)c1ccc(Cl)c(NCC2Cc3ccccc32)c1. The van der Waals surface area contributed by atoms with Crippen LogP contribution in [0.1, 0.15) is 22.6 Å². The second-order valence-electron chi connectivity index (χ2n) is 5.17. The van der Waals surface area contributed by atoms with Crippen molar-refractivity contribution in [1.29, 1.82) is 0 Å². The van der Waals surface area contributed by atoms with E-state index in [1.165, 1.54) is 17.2 Å². The van der Waals surface area contributed by atoms with Crippen molar-refractivity contribution in [2.45, 2.75) is 18.5 Å². The monoisotopic (exact) mass is 311 g/mol. The summed E-state index contributed by atoms with van der Waals surface area (Å²) in [5.41, 5.74) is 2.20. The van der Waals surface area contributed by atoms with E-state index in [1.54, 1.807) is 0 Å². The molecule has 0 fully saturated rings. The Balaban J connectivity index is 1.72. The highest BCUT2D eigenvalue weighted by Crippen LogP contribution is 2.37. The van der Waals surface area contributed by atoms with E-state index in [0.29, 0.717) is 23.2 Å². The van der Waals surface area contributed by atoms with Gasteiger partial charge in [0.1, 0.15) is 0 Å². The zero-order valence-corrected chi connectivity index (χ0v) is 11.8. The minimum atomic E-state index is -4.36. The Morgan fingerprint density at radius 2 is 1.90 bits per heavy atom. The number of fused-ring (bicyclic) bond motifs is 1. The van der Waals surface area contributed by atoms with Gasteiger partial charge in [0, 0.05) is 12.5 Å². The van der Waals surface area contributed by atoms with Crippen LogP contribution in [0.2, 0.25) is 5.02 Å². The summed E-state index contributed by atoms with van der Waals surface area (Å²) < 4.78 is 38.1. The highest BCUT2D eigenvalue weighted by Gasteiger charge is 2.31. The summed E-state index contributed by atoms with van der Waals surface area (Å²) in [5.74, 6) is 0.326. The van der Waals surface area contributed by atoms with Crippen molar-refractivity contribution in [2.75, 3.05) is 11.9 Å². The lowest BCUT2D eigenvalue weighted by Crippen LogP contribution is -2.24. The first-order valence-electron chi connectivity index (χ1n) is 6.63. The maximum absolute atomic E-state index is 12.7. The van der Waals surface area contributed by atoms with Crippen LogP contribution in [-0.2, 0) is 12.6 Å². The summed E-state index contributed by atoms with van der Waals surface area (Å²) in [4.78, 5) is 0. The molecule has 0 aromatic heterocycles. The number of nitrogens with one attached hydrogen (secondary N) is 1. The van der Waals surface area contributed by atoms with Crippen LogP contribution in [0.15, 0.2) is 42.5 Å². The van der Waals surface area contributed by atoms with Crippen LogP contribution in [0.3, 0.4) is 0 Å². The van der Waals surface area contributed by atoms with Crippen molar-refractivity contribution in [1.82, 2.24) is 0 Å².